The van der Waals surface area contributed by atoms with E-state index in [2.05, 4.69) is 10.6 Å². The van der Waals surface area contributed by atoms with Crippen molar-refractivity contribution in [2.24, 2.45) is 0 Å². The van der Waals surface area contributed by atoms with E-state index in [1.54, 1.807) is 18.2 Å². The molecule has 0 unspecified atom stereocenters. The maximum Gasteiger partial charge on any atom is 0.338 e. The molecule has 96 valence electrons. The normalized spacial score (nSPS) is 14.3. The third kappa shape index (κ3) is 2.80. The van der Waals surface area contributed by atoms with Gasteiger partial charge in [0.15, 0.2) is 0 Å². The summed E-state index contributed by atoms with van der Waals surface area (Å²) in [7, 11) is 0. The Bertz CT molecular complexity index is 503. The summed E-state index contributed by atoms with van der Waals surface area (Å²) in [4.78, 5) is 23.1. The molecule has 0 saturated heterocycles. The van der Waals surface area contributed by atoms with Crippen molar-refractivity contribution in [2.45, 2.75) is 26.4 Å². The standard InChI is InChI=1S/C13H16N2O3/c1-13(2,3)18-12(17)8-4-5-9-10(6-8)15-11(16)7-14-9/h4-6,14H,7H2,1-3H3,(H,15,16). The molecule has 0 bridgehead atoms. The van der Waals surface area contributed by atoms with Crippen LogP contribution >= 0.6 is 0 Å². The second-order valence-electron chi connectivity index (χ2n) is 5.16. The molecule has 0 saturated carbocycles. The number of hydrogen-bond donors (Lipinski definition) is 2. The van der Waals surface area contributed by atoms with Gasteiger partial charge >= 0.3 is 5.97 Å². The zero-order chi connectivity index (χ0) is 13.3. The van der Waals surface area contributed by atoms with Crippen molar-refractivity contribution in [3.63, 3.8) is 0 Å². The van der Waals surface area contributed by atoms with Gasteiger partial charge in [0, 0.05) is 0 Å². The van der Waals surface area contributed by atoms with Gasteiger partial charge in [0.05, 0.1) is 23.5 Å². The highest BCUT2D eigenvalue weighted by Crippen LogP contribution is 2.26. The highest BCUT2D eigenvalue weighted by molar-refractivity contribution is 6.02. The number of benzene rings is 1. The number of anilines is 2. The molecule has 0 atom stereocenters. The third-order valence-corrected chi connectivity index (χ3v) is 2.37. The number of amides is 1. The second kappa shape index (κ2) is 4.33. The Morgan fingerprint density at radius 2 is 2.00 bits per heavy atom. The molecule has 1 aromatic rings. The Kier molecular flexibility index (Phi) is 2.98. The summed E-state index contributed by atoms with van der Waals surface area (Å²) in [6.45, 7) is 5.69. The summed E-state index contributed by atoms with van der Waals surface area (Å²) in [5.74, 6) is -0.519. The first-order chi connectivity index (χ1) is 8.35. The molecule has 2 rings (SSSR count). The summed E-state index contributed by atoms with van der Waals surface area (Å²) in [5, 5.41) is 5.67. The van der Waals surface area contributed by atoms with Crippen LogP contribution in [-0.2, 0) is 9.53 Å². The molecule has 1 amide bonds. The molecule has 0 aromatic heterocycles. The van der Waals surface area contributed by atoms with Crippen LogP contribution in [-0.4, -0.2) is 24.0 Å². The van der Waals surface area contributed by atoms with E-state index in [1.165, 1.54) is 0 Å². The van der Waals surface area contributed by atoms with E-state index in [4.69, 9.17) is 4.74 Å². The predicted molar refractivity (Wildman–Crippen MR) is 68.7 cm³/mol. The summed E-state index contributed by atoms with van der Waals surface area (Å²) >= 11 is 0. The molecular weight excluding hydrogens is 232 g/mol. The molecule has 1 aromatic carbocycles. The van der Waals surface area contributed by atoms with Gasteiger partial charge in [-0.15, -0.1) is 0 Å². The lowest BCUT2D eigenvalue weighted by Gasteiger charge is -2.21. The minimum absolute atomic E-state index is 0.121. The minimum atomic E-state index is -0.533. The molecule has 0 spiro atoms. The van der Waals surface area contributed by atoms with E-state index in [-0.39, 0.29) is 12.5 Å². The van der Waals surface area contributed by atoms with Crippen LogP contribution in [0, 0.1) is 0 Å². The number of ether oxygens (including phenoxy) is 1. The van der Waals surface area contributed by atoms with Crippen LogP contribution in [0.2, 0.25) is 0 Å². The molecular formula is C13H16N2O3. The predicted octanol–water partition coefficient (Wildman–Crippen LogP) is 2.01. The van der Waals surface area contributed by atoms with E-state index in [9.17, 15) is 9.59 Å². The summed E-state index contributed by atoms with van der Waals surface area (Å²) in [6, 6.07) is 5.05. The smallest absolute Gasteiger partial charge is 0.338 e. The van der Waals surface area contributed by atoms with Gasteiger partial charge in [-0.25, -0.2) is 4.79 Å². The fourth-order valence-corrected chi connectivity index (χ4v) is 1.64. The number of esters is 1. The third-order valence-electron chi connectivity index (χ3n) is 2.37. The van der Waals surface area contributed by atoms with Gasteiger partial charge < -0.3 is 15.4 Å². The van der Waals surface area contributed by atoms with Gasteiger partial charge in [-0.1, -0.05) is 0 Å². The Labute approximate surface area is 106 Å². The van der Waals surface area contributed by atoms with Crippen molar-refractivity contribution >= 4 is 23.3 Å². The average molecular weight is 248 g/mol. The second-order valence-corrected chi connectivity index (χ2v) is 5.16. The van der Waals surface area contributed by atoms with Crippen molar-refractivity contribution in [3.05, 3.63) is 23.8 Å². The zero-order valence-electron chi connectivity index (χ0n) is 10.7. The van der Waals surface area contributed by atoms with Crippen molar-refractivity contribution in [3.8, 4) is 0 Å². The monoisotopic (exact) mass is 248 g/mol. The molecule has 0 aliphatic carbocycles. The molecule has 0 radical (unpaired) electrons. The number of carbonyl (C=O) groups excluding carboxylic acids is 2. The van der Waals surface area contributed by atoms with Crippen LogP contribution in [0.4, 0.5) is 11.4 Å². The summed E-state index contributed by atoms with van der Waals surface area (Å²) in [5.41, 5.74) is 1.30. The van der Waals surface area contributed by atoms with Crippen molar-refractivity contribution in [1.29, 1.82) is 0 Å². The molecule has 5 nitrogen and oxygen atoms in total. The van der Waals surface area contributed by atoms with Gasteiger partial charge in [0.2, 0.25) is 5.91 Å². The van der Waals surface area contributed by atoms with E-state index >= 15 is 0 Å². The highest BCUT2D eigenvalue weighted by Gasteiger charge is 2.20. The van der Waals surface area contributed by atoms with Gasteiger partial charge in [0.1, 0.15) is 5.60 Å². The van der Waals surface area contributed by atoms with Crippen LogP contribution in [0.3, 0.4) is 0 Å². The van der Waals surface area contributed by atoms with Gasteiger partial charge in [0.25, 0.3) is 0 Å². The first-order valence-electron chi connectivity index (χ1n) is 5.76. The molecule has 5 heteroatoms. The Balaban J connectivity index is 2.23. The maximum absolute atomic E-state index is 11.9. The minimum Gasteiger partial charge on any atom is -0.456 e. The van der Waals surface area contributed by atoms with E-state index in [0.717, 1.165) is 5.69 Å². The lowest BCUT2D eigenvalue weighted by atomic mass is 10.1. The van der Waals surface area contributed by atoms with Crippen molar-refractivity contribution in [2.75, 3.05) is 17.2 Å². The van der Waals surface area contributed by atoms with Crippen molar-refractivity contribution < 1.29 is 14.3 Å². The molecule has 18 heavy (non-hydrogen) atoms. The SMILES string of the molecule is CC(C)(C)OC(=O)c1ccc2c(c1)NC(=O)CN2. The number of carbonyl (C=O) groups is 2. The van der Waals surface area contributed by atoms with Gasteiger partial charge in [-0.3, -0.25) is 4.79 Å². The summed E-state index contributed by atoms with van der Waals surface area (Å²) < 4.78 is 5.27. The largest absolute Gasteiger partial charge is 0.456 e. The maximum atomic E-state index is 11.9. The molecule has 1 aliphatic heterocycles. The van der Waals surface area contributed by atoms with Gasteiger partial charge in [-0.05, 0) is 39.0 Å². The van der Waals surface area contributed by atoms with Crippen LogP contribution in [0.5, 0.6) is 0 Å². The first-order valence-corrected chi connectivity index (χ1v) is 5.76. The molecule has 2 N–H and O–H groups in total. The summed E-state index contributed by atoms with van der Waals surface area (Å²) in [6.07, 6.45) is 0. The Hall–Kier alpha value is -2.04. The number of fused-ring (bicyclic) bond motifs is 1. The topological polar surface area (TPSA) is 67.4 Å². The van der Waals surface area contributed by atoms with Crippen molar-refractivity contribution in [1.82, 2.24) is 0 Å². The number of nitrogens with one attached hydrogen (secondary N) is 2. The molecule has 1 heterocycles. The van der Waals surface area contributed by atoms with E-state index in [1.807, 2.05) is 20.8 Å². The van der Waals surface area contributed by atoms with E-state index < -0.39 is 11.6 Å². The van der Waals surface area contributed by atoms with Crippen LogP contribution < -0.4 is 10.6 Å². The van der Waals surface area contributed by atoms with Crippen LogP contribution in [0.1, 0.15) is 31.1 Å². The quantitative estimate of drug-likeness (QED) is 0.746. The fraction of sp³-hybridized carbons (Fsp3) is 0.385. The molecule has 0 fully saturated rings. The van der Waals surface area contributed by atoms with E-state index in [0.29, 0.717) is 11.3 Å². The van der Waals surface area contributed by atoms with Crippen LogP contribution in [0.25, 0.3) is 0 Å². The molecule has 1 aliphatic rings. The number of rotatable bonds is 1. The number of hydrogen-bond acceptors (Lipinski definition) is 4. The fourth-order valence-electron chi connectivity index (χ4n) is 1.64. The average Bonchev–Trinajstić information content (AvgIpc) is 2.25. The highest BCUT2D eigenvalue weighted by atomic mass is 16.6. The van der Waals surface area contributed by atoms with Gasteiger partial charge in [-0.2, -0.15) is 0 Å². The zero-order valence-corrected chi connectivity index (χ0v) is 10.7. The Morgan fingerprint density at radius 3 is 2.67 bits per heavy atom. The van der Waals surface area contributed by atoms with Crippen LogP contribution in [0.15, 0.2) is 18.2 Å². The lowest BCUT2D eigenvalue weighted by molar-refractivity contribution is -0.114. The Morgan fingerprint density at radius 1 is 1.28 bits per heavy atom. The lowest BCUT2D eigenvalue weighted by Crippen LogP contribution is -2.28. The first kappa shape index (κ1) is 12.4.